The van der Waals surface area contributed by atoms with Gasteiger partial charge < -0.3 is 9.64 Å². The Kier molecular flexibility index (Phi) is 7.12. The van der Waals surface area contributed by atoms with Crippen LogP contribution in [0.5, 0.6) is 5.75 Å². The average Bonchev–Trinajstić information content (AvgIpc) is 3.11. The molecular formula is C25H29ClN4O2. The van der Waals surface area contributed by atoms with Gasteiger partial charge >= 0.3 is 0 Å². The first-order valence-electron chi connectivity index (χ1n) is 11.0. The number of rotatable bonds is 7. The number of amides is 1. The van der Waals surface area contributed by atoms with Crippen molar-refractivity contribution in [2.45, 2.75) is 20.4 Å². The summed E-state index contributed by atoms with van der Waals surface area (Å²) in [6, 6.07) is 17.5. The molecule has 1 aliphatic heterocycles. The van der Waals surface area contributed by atoms with Crippen molar-refractivity contribution in [3.63, 3.8) is 0 Å². The first-order valence-corrected chi connectivity index (χ1v) is 11.4. The van der Waals surface area contributed by atoms with Crippen LogP contribution in [0.1, 0.15) is 27.3 Å². The number of halogens is 1. The number of nitrogens with zero attached hydrogens (tertiary/aromatic N) is 4. The third-order valence-electron chi connectivity index (χ3n) is 5.77. The van der Waals surface area contributed by atoms with Crippen LogP contribution in [0.3, 0.4) is 0 Å². The minimum absolute atomic E-state index is 0.0900. The molecule has 3 aromatic rings. The molecule has 1 aromatic heterocycles. The van der Waals surface area contributed by atoms with Gasteiger partial charge in [0, 0.05) is 44.0 Å². The standard InChI is InChI=1S/C25H29ClN4O2/c1-19-16-20(2)30(27-19)18-21-6-5-7-22(17-21)25(31)29-12-10-28(11-13-29)14-15-32-24-9-4-3-8-23(24)26/h3-9,16-17H,10-15,18H2,1-2H3. The number of aryl methyl sites for hydroxylation is 2. The van der Waals surface area contributed by atoms with Gasteiger partial charge in [0.1, 0.15) is 12.4 Å². The van der Waals surface area contributed by atoms with E-state index in [1.54, 1.807) is 0 Å². The van der Waals surface area contributed by atoms with Gasteiger partial charge in [-0.25, -0.2) is 0 Å². The average molecular weight is 453 g/mol. The Hall–Kier alpha value is -2.83. The molecule has 0 radical (unpaired) electrons. The number of para-hydroxylation sites is 1. The molecule has 0 bridgehead atoms. The number of aromatic nitrogens is 2. The van der Waals surface area contributed by atoms with E-state index in [1.807, 2.05) is 72.0 Å². The highest BCUT2D eigenvalue weighted by atomic mass is 35.5. The summed E-state index contributed by atoms with van der Waals surface area (Å²) in [5.41, 5.74) is 3.94. The molecule has 1 amide bonds. The molecule has 2 aromatic carbocycles. The van der Waals surface area contributed by atoms with Crippen LogP contribution in [0.2, 0.25) is 5.02 Å². The van der Waals surface area contributed by atoms with Crippen molar-refractivity contribution in [3.05, 3.63) is 82.1 Å². The van der Waals surface area contributed by atoms with Gasteiger partial charge in [-0.05, 0) is 49.7 Å². The summed E-state index contributed by atoms with van der Waals surface area (Å²) in [4.78, 5) is 17.3. The van der Waals surface area contributed by atoms with E-state index in [2.05, 4.69) is 16.1 Å². The molecule has 32 heavy (non-hydrogen) atoms. The van der Waals surface area contributed by atoms with E-state index in [4.69, 9.17) is 16.3 Å². The molecule has 1 saturated heterocycles. The normalized spacial score (nSPS) is 14.5. The SMILES string of the molecule is Cc1cc(C)n(Cc2cccc(C(=O)N3CCN(CCOc4ccccc4Cl)CC3)c2)n1. The van der Waals surface area contributed by atoms with Crippen molar-refractivity contribution in [2.24, 2.45) is 0 Å². The van der Waals surface area contributed by atoms with Crippen molar-refractivity contribution >= 4 is 17.5 Å². The molecule has 0 spiro atoms. The summed E-state index contributed by atoms with van der Waals surface area (Å²) in [6.07, 6.45) is 0. The summed E-state index contributed by atoms with van der Waals surface area (Å²) in [7, 11) is 0. The molecule has 1 aliphatic rings. The maximum Gasteiger partial charge on any atom is 0.253 e. The van der Waals surface area contributed by atoms with Gasteiger partial charge in [-0.2, -0.15) is 5.10 Å². The van der Waals surface area contributed by atoms with Crippen LogP contribution < -0.4 is 4.74 Å². The second-order valence-electron chi connectivity index (χ2n) is 8.20. The summed E-state index contributed by atoms with van der Waals surface area (Å²) in [5, 5.41) is 5.15. The number of hydrogen-bond acceptors (Lipinski definition) is 4. The molecule has 0 unspecified atom stereocenters. The van der Waals surface area contributed by atoms with Crippen molar-refractivity contribution in [2.75, 3.05) is 39.3 Å². The maximum absolute atomic E-state index is 13.1. The third-order valence-corrected chi connectivity index (χ3v) is 6.08. The van der Waals surface area contributed by atoms with E-state index < -0.39 is 0 Å². The smallest absolute Gasteiger partial charge is 0.253 e. The van der Waals surface area contributed by atoms with Gasteiger partial charge in [-0.15, -0.1) is 0 Å². The molecule has 1 fully saturated rings. The zero-order valence-corrected chi connectivity index (χ0v) is 19.4. The fourth-order valence-corrected chi connectivity index (χ4v) is 4.20. The minimum atomic E-state index is 0.0900. The van der Waals surface area contributed by atoms with Crippen molar-refractivity contribution in [1.82, 2.24) is 19.6 Å². The van der Waals surface area contributed by atoms with E-state index in [1.165, 1.54) is 0 Å². The van der Waals surface area contributed by atoms with Crippen molar-refractivity contribution < 1.29 is 9.53 Å². The molecule has 0 N–H and O–H groups in total. The van der Waals surface area contributed by atoms with E-state index >= 15 is 0 Å². The van der Waals surface area contributed by atoms with Gasteiger partial charge in [-0.3, -0.25) is 14.4 Å². The second-order valence-corrected chi connectivity index (χ2v) is 8.61. The lowest BCUT2D eigenvalue weighted by atomic mass is 10.1. The van der Waals surface area contributed by atoms with Gasteiger partial charge in [0.05, 0.1) is 17.3 Å². The van der Waals surface area contributed by atoms with Gasteiger partial charge in [0.25, 0.3) is 5.91 Å². The molecule has 0 atom stereocenters. The molecule has 0 aliphatic carbocycles. The lowest BCUT2D eigenvalue weighted by Crippen LogP contribution is -2.49. The van der Waals surface area contributed by atoms with Crippen LogP contribution in [0.4, 0.5) is 0 Å². The minimum Gasteiger partial charge on any atom is -0.491 e. The molecule has 4 rings (SSSR count). The Morgan fingerprint density at radius 3 is 2.53 bits per heavy atom. The summed E-state index contributed by atoms with van der Waals surface area (Å²) < 4.78 is 7.77. The largest absolute Gasteiger partial charge is 0.491 e. The third kappa shape index (κ3) is 5.50. The Balaban J connectivity index is 1.28. The molecule has 6 nitrogen and oxygen atoms in total. The molecular weight excluding hydrogens is 424 g/mol. The second kappa shape index (κ2) is 10.2. The van der Waals surface area contributed by atoms with Gasteiger partial charge in [0.2, 0.25) is 0 Å². The quantitative estimate of drug-likeness (QED) is 0.543. The molecule has 168 valence electrons. The van der Waals surface area contributed by atoms with Crippen LogP contribution in [0.25, 0.3) is 0 Å². The number of ether oxygens (including phenoxy) is 1. The van der Waals surface area contributed by atoms with E-state index in [9.17, 15) is 4.79 Å². The van der Waals surface area contributed by atoms with E-state index in [0.717, 1.165) is 42.1 Å². The number of carbonyl (C=O) groups is 1. The van der Waals surface area contributed by atoms with Gasteiger partial charge in [-0.1, -0.05) is 35.9 Å². The Labute approximate surface area is 194 Å². The van der Waals surface area contributed by atoms with Crippen molar-refractivity contribution in [1.29, 1.82) is 0 Å². The highest BCUT2D eigenvalue weighted by Gasteiger charge is 2.22. The lowest BCUT2D eigenvalue weighted by molar-refractivity contribution is 0.0620. The fourth-order valence-electron chi connectivity index (χ4n) is 4.01. The molecule has 2 heterocycles. The van der Waals surface area contributed by atoms with Gasteiger partial charge in [0.15, 0.2) is 0 Å². The Morgan fingerprint density at radius 2 is 1.81 bits per heavy atom. The van der Waals surface area contributed by atoms with Crippen LogP contribution in [-0.2, 0) is 6.54 Å². The summed E-state index contributed by atoms with van der Waals surface area (Å²) in [6.45, 7) is 9.20. The fraction of sp³-hybridized carbons (Fsp3) is 0.360. The predicted molar refractivity (Wildman–Crippen MR) is 127 cm³/mol. The monoisotopic (exact) mass is 452 g/mol. The zero-order chi connectivity index (χ0) is 22.5. The summed E-state index contributed by atoms with van der Waals surface area (Å²) >= 11 is 6.14. The Morgan fingerprint density at radius 1 is 1.03 bits per heavy atom. The van der Waals surface area contributed by atoms with E-state index in [-0.39, 0.29) is 5.91 Å². The lowest BCUT2D eigenvalue weighted by Gasteiger charge is -2.34. The van der Waals surface area contributed by atoms with E-state index in [0.29, 0.717) is 37.0 Å². The first-order chi connectivity index (χ1) is 15.5. The highest BCUT2D eigenvalue weighted by molar-refractivity contribution is 6.32. The predicted octanol–water partition coefficient (Wildman–Crippen LogP) is 4.04. The number of piperazine rings is 1. The number of hydrogen-bond donors (Lipinski definition) is 0. The van der Waals surface area contributed by atoms with Crippen LogP contribution >= 0.6 is 11.6 Å². The zero-order valence-electron chi connectivity index (χ0n) is 18.6. The summed E-state index contributed by atoms with van der Waals surface area (Å²) in [5.74, 6) is 0.801. The topological polar surface area (TPSA) is 50.6 Å². The van der Waals surface area contributed by atoms with Crippen LogP contribution in [-0.4, -0.2) is 64.8 Å². The van der Waals surface area contributed by atoms with Crippen molar-refractivity contribution in [3.8, 4) is 5.75 Å². The Bertz CT molecular complexity index is 1070. The molecule has 0 saturated carbocycles. The maximum atomic E-state index is 13.1. The van der Waals surface area contributed by atoms with Crippen LogP contribution in [0.15, 0.2) is 54.6 Å². The highest BCUT2D eigenvalue weighted by Crippen LogP contribution is 2.23. The first kappa shape index (κ1) is 22.4. The molecule has 7 heteroatoms. The van der Waals surface area contributed by atoms with Crippen LogP contribution in [0, 0.1) is 13.8 Å². The number of benzene rings is 2. The number of carbonyl (C=O) groups excluding carboxylic acids is 1.